The van der Waals surface area contributed by atoms with Gasteiger partial charge in [0.05, 0.1) is 32.0 Å². The molecule has 0 amide bonds. The van der Waals surface area contributed by atoms with Crippen molar-refractivity contribution in [3.8, 4) is 11.8 Å². The van der Waals surface area contributed by atoms with Crippen LogP contribution in [0.3, 0.4) is 0 Å². The van der Waals surface area contributed by atoms with Crippen LogP contribution in [0, 0.1) is 11.8 Å². The third kappa shape index (κ3) is 11.4. The van der Waals surface area contributed by atoms with Crippen LogP contribution in [0.15, 0.2) is 28.7 Å². The first-order valence-corrected chi connectivity index (χ1v) is 14.5. The highest BCUT2D eigenvalue weighted by atomic mass is 79.9. The quantitative estimate of drug-likeness (QED) is 0.199. The monoisotopic (exact) mass is 512 g/mol. The fourth-order valence-corrected chi connectivity index (χ4v) is 6.42. The number of carbonyl (C=O) groups excluding carboxylic acids is 1. The number of ether oxygens (including phenoxy) is 1. The van der Waals surface area contributed by atoms with Gasteiger partial charge >= 0.3 is 0 Å². The number of benzene rings is 1. The Kier molecular flexibility index (Phi) is 14.2. The minimum atomic E-state index is -1.82. The van der Waals surface area contributed by atoms with Gasteiger partial charge in [0.1, 0.15) is 0 Å². The maximum atomic E-state index is 12.0. The number of carbonyl (C=O) groups is 1. The summed E-state index contributed by atoms with van der Waals surface area (Å²) in [5, 5.41) is 18.2. The van der Waals surface area contributed by atoms with Gasteiger partial charge in [-0.2, -0.15) is 0 Å². The van der Waals surface area contributed by atoms with Gasteiger partial charge in [-0.15, -0.1) is 0 Å². The second kappa shape index (κ2) is 15.7. The van der Waals surface area contributed by atoms with Crippen molar-refractivity contribution in [2.75, 3.05) is 13.2 Å². The number of Topliss-reactive ketones (excluding diaryl/α,β-unsaturated/α-hetero) is 1. The highest BCUT2D eigenvalue weighted by Crippen LogP contribution is 2.24. The molecule has 0 aromatic heterocycles. The Bertz CT molecular complexity index is 686. The highest BCUT2D eigenvalue weighted by molar-refractivity contribution is 9.10. The fraction of sp³-hybridized carbons (Fsp3) is 0.625. The summed E-state index contributed by atoms with van der Waals surface area (Å²) in [5.74, 6) is 5.54. The van der Waals surface area contributed by atoms with E-state index in [1.165, 1.54) is 0 Å². The minimum absolute atomic E-state index is 0.148. The second-order valence-corrected chi connectivity index (χ2v) is 13.4. The maximum Gasteiger partial charge on any atom is 0.205 e. The summed E-state index contributed by atoms with van der Waals surface area (Å²) >= 11 is 3.44. The summed E-state index contributed by atoms with van der Waals surface area (Å²) in [6.07, 6.45) is 0.739. The SMILES string of the molecule is CC[Si](CC)(CC)O[C@@H](CC#CC(=O)CCCC(O)CO)COCc1ccc(Br)cc1. The van der Waals surface area contributed by atoms with Crippen molar-refractivity contribution < 1.29 is 24.2 Å². The number of hydrogen-bond donors (Lipinski definition) is 2. The molecule has 0 heterocycles. The number of halogens is 1. The Morgan fingerprint density at radius 2 is 1.81 bits per heavy atom. The minimum Gasteiger partial charge on any atom is -0.411 e. The van der Waals surface area contributed by atoms with Gasteiger partial charge in [-0.1, -0.05) is 54.8 Å². The number of aliphatic hydroxyl groups is 2. The zero-order valence-electron chi connectivity index (χ0n) is 19.0. The smallest absolute Gasteiger partial charge is 0.205 e. The first-order chi connectivity index (χ1) is 14.9. The molecule has 7 heteroatoms. The summed E-state index contributed by atoms with van der Waals surface area (Å²) in [5.41, 5.74) is 1.10. The Morgan fingerprint density at radius 3 is 2.39 bits per heavy atom. The lowest BCUT2D eigenvalue weighted by atomic mass is 10.1. The zero-order valence-corrected chi connectivity index (χ0v) is 21.6. The van der Waals surface area contributed by atoms with Gasteiger partial charge in [0.25, 0.3) is 0 Å². The summed E-state index contributed by atoms with van der Waals surface area (Å²) in [6.45, 7) is 7.23. The van der Waals surface area contributed by atoms with Crippen LogP contribution in [-0.4, -0.2) is 49.7 Å². The molecule has 1 aromatic rings. The molecule has 0 saturated heterocycles. The highest BCUT2D eigenvalue weighted by Gasteiger charge is 2.31. The third-order valence-electron chi connectivity index (χ3n) is 5.54. The molecular weight excluding hydrogens is 476 g/mol. The van der Waals surface area contributed by atoms with E-state index in [-0.39, 0.29) is 24.9 Å². The van der Waals surface area contributed by atoms with Crippen LogP contribution in [-0.2, 0) is 20.6 Å². The van der Waals surface area contributed by atoms with Gasteiger partial charge in [-0.25, -0.2) is 0 Å². The first kappa shape index (κ1) is 28.0. The van der Waals surface area contributed by atoms with E-state index in [0.29, 0.717) is 32.5 Å². The normalized spacial score (nSPS) is 13.4. The lowest BCUT2D eigenvalue weighted by Gasteiger charge is -2.32. The Labute approximate surface area is 196 Å². The van der Waals surface area contributed by atoms with Crippen molar-refractivity contribution in [1.82, 2.24) is 0 Å². The third-order valence-corrected chi connectivity index (χ3v) is 10.8. The molecule has 0 aliphatic heterocycles. The second-order valence-electron chi connectivity index (χ2n) is 7.78. The van der Waals surface area contributed by atoms with Crippen molar-refractivity contribution in [3.05, 3.63) is 34.3 Å². The van der Waals surface area contributed by atoms with Gasteiger partial charge in [-0.05, 0) is 54.6 Å². The first-order valence-electron chi connectivity index (χ1n) is 11.2. The van der Waals surface area contributed by atoms with E-state index >= 15 is 0 Å². The topological polar surface area (TPSA) is 76.0 Å². The lowest BCUT2D eigenvalue weighted by Crippen LogP contribution is -2.41. The molecule has 0 aliphatic carbocycles. The van der Waals surface area contributed by atoms with Crippen LogP contribution < -0.4 is 0 Å². The van der Waals surface area contributed by atoms with Crippen molar-refractivity contribution in [1.29, 1.82) is 0 Å². The lowest BCUT2D eigenvalue weighted by molar-refractivity contribution is -0.114. The van der Waals surface area contributed by atoms with Crippen LogP contribution >= 0.6 is 15.9 Å². The molecule has 0 radical (unpaired) electrons. The Morgan fingerprint density at radius 1 is 1.16 bits per heavy atom. The summed E-state index contributed by atoms with van der Waals surface area (Å²) in [7, 11) is -1.82. The van der Waals surface area contributed by atoms with Crippen molar-refractivity contribution in [2.24, 2.45) is 0 Å². The molecule has 0 fully saturated rings. The van der Waals surface area contributed by atoms with E-state index in [1.54, 1.807) is 0 Å². The molecule has 5 nitrogen and oxygen atoms in total. The van der Waals surface area contributed by atoms with Gasteiger partial charge in [-0.3, -0.25) is 4.79 Å². The Hall–Kier alpha value is -1.01. The van der Waals surface area contributed by atoms with Crippen LogP contribution in [0.5, 0.6) is 0 Å². The number of ketones is 1. The molecule has 2 N–H and O–H groups in total. The average Bonchev–Trinajstić information content (AvgIpc) is 2.78. The fourth-order valence-electron chi connectivity index (χ4n) is 3.29. The summed E-state index contributed by atoms with van der Waals surface area (Å²) in [6, 6.07) is 11.2. The van der Waals surface area contributed by atoms with Crippen molar-refractivity contribution in [2.45, 2.75) is 83.4 Å². The van der Waals surface area contributed by atoms with E-state index < -0.39 is 14.4 Å². The van der Waals surface area contributed by atoms with E-state index in [0.717, 1.165) is 28.2 Å². The Balaban J connectivity index is 2.65. The molecule has 174 valence electrons. The van der Waals surface area contributed by atoms with Crippen molar-refractivity contribution in [3.63, 3.8) is 0 Å². The maximum absolute atomic E-state index is 12.0. The number of aliphatic hydroxyl groups excluding tert-OH is 2. The molecule has 0 aliphatic rings. The predicted octanol–water partition coefficient (Wildman–Crippen LogP) is 4.84. The molecule has 1 rings (SSSR count). The number of rotatable bonds is 15. The van der Waals surface area contributed by atoms with Crippen LogP contribution in [0.2, 0.25) is 18.1 Å². The summed E-state index contributed by atoms with van der Waals surface area (Å²) < 4.78 is 13.6. The molecule has 1 unspecified atom stereocenters. The molecule has 0 saturated carbocycles. The molecule has 0 bridgehead atoms. The zero-order chi connectivity index (χ0) is 23.1. The summed E-state index contributed by atoms with van der Waals surface area (Å²) in [4.78, 5) is 12.0. The molecular formula is C24H37BrO5Si. The van der Waals surface area contributed by atoms with Gasteiger partial charge in [0.15, 0.2) is 8.32 Å². The van der Waals surface area contributed by atoms with Crippen LogP contribution in [0.4, 0.5) is 0 Å². The van der Waals surface area contributed by atoms with E-state index in [9.17, 15) is 9.90 Å². The average molecular weight is 514 g/mol. The van der Waals surface area contributed by atoms with Gasteiger partial charge in [0, 0.05) is 17.3 Å². The van der Waals surface area contributed by atoms with Crippen LogP contribution in [0.1, 0.15) is 52.0 Å². The molecule has 2 atom stereocenters. The molecule has 31 heavy (non-hydrogen) atoms. The molecule has 1 aromatic carbocycles. The standard InChI is InChI=1S/C24H37BrO5Si/c1-4-31(5-2,6-3)30-24(19-29-18-20-13-15-21(25)16-14-20)12-8-10-22(27)9-7-11-23(28)17-26/h13-16,23-24,26,28H,4-7,9,11-12,17-19H2,1-3H3/t23?,24-/m0/s1. The largest absolute Gasteiger partial charge is 0.411 e. The van der Waals surface area contributed by atoms with Gasteiger partial charge in [0.2, 0.25) is 5.78 Å². The van der Waals surface area contributed by atoms with E-state index in [4.69, 9.17) is 14.3 Å². The van der Waals surface area contributed by atoms with Crippen molar-refractivity contribution >= 4 is 30.0 Å². The molecule has 0 spiro atoms. The van der Waals surface area contributed by atoms with Crippen LogP contribution in [0.25, 0.3) is 0 Å². The number of hydrogen-bond acceptors (Lipinski definition) is 5. The van der Waals surface area contributed by atoms with E-state index in [1.807, 2.05) is 24.3 Å². The van der Waals surface area contributed by atoms with Gasteiger partial charge < -0.3 is 19.4 Å². The van der Waals surface area contributed by atoms with E-state index in [2.05, 4.69) is 48.5 Å². The predicted molar refractivity (Wildman–Crippen MR) is 130 cm³/mol.